The van der Waals surface area contributed by atoms with Gasteiger partial charge in [-0.2, -0.15) is 5.26 Å². The molecule has 1 N–H and O–H groups in total. The van der Waals surface area contributed by atoms with Gasteiger partial charge in [-0.05, 0) is 43.6 Å². The summed E-state index contributed by atoms with van der Waals surface area (Å²) in [5.41, 5.74) is 0.899. The van der Waals surface area contributed by atoms with Crippen LogP contribution in [0.5, 0.6) is 5.75 Å². The number of methoxy groups -OCH3 is 1. The number of hydrogen-bond donors (Lipinski definition) is 1. The van der Waals surface area contributed by atoms with E-state index < -0.39 is 0 Å². The van der Waals surface area contributed by atoms with Crippen molar-refractivity contribution < 1.29 is 4.74 Å². The largest absolute Gasteiger partial charge is 0.496 e. The van der Waals surface area contributed by atoms with E-state index in [1.807, 2.05) is 12.1 Å². The average Bonchev–Trinajstić information content (AvgIpc) is 2.84. The Hall–Kier alpha value is -1.24. The highest BCUT2D eigenvalue weighted by Gasteiger charge is 2.28. The first-order valence-electron chi connectivity index (χ1n) is 5.70. The van der Waals surface area contributed by atoms with Gasteiger partial charge >= 0.3 is 0 Å². The highest BCUT2D eigenvalue weighted by molar-refractivity contribution is 6.30. The van der Waals surface area contributed by atoms with Crippen LogP contribution < -0.4 is 10.1 Å². The molecular formula is C13H15ClN2O. The molecular weight excluding hydrogens is 236 g/mol. The molecule has 1 heterocycles. The molecule has 1 aromatic rings. The molecule has 17 heavy (non-hydrogen) atoms. The SMILES string of the molecule is COc1ccc(Cl)cc1C(C#N)C1CCNC1. The first-order valence-corrected chi connectivity index (χ1v) is 6.08. The minimum atomic E-state index is -0.154. The van der Waals surface area contributed by atoms with Crippen LogP contribution in [-0.2, 0) is 0 Å². The molecule has 3 nitrogen and oxygen atoms in total. The Morgan fingerprint density at radius 1 is 1.59 bits per heavy atom. The zero-order valence-electron chi connectivity index (χ0n) is 9.74. The summed E-state index contributed by atoms with van der Waals surface area (Å²) in [5.74, 6) is 0.930. The van der Waals surface area contributed by atoms with Crippen LogP contribution in [0.1, 0.15) is 17.9 Å². The maximum absolute atomic E-state index is 9.37. The fourth-order valence-corrected chi connectivity index (χ4v) is 2.52. The van der Waals surface area contributed by atoms with Crippen LogP contribution in [0.4, 0.5) is 0 Å². The minimum Gasteiger partial charge on any atom is -0.496 e. The Morgan fingerprint density at radius 3 is 3.00 bits per heavy atom. The van der Waals surface area contributed by atoms with Crippen LogP contribution in [0.15, 0.2) is 18.2 Å². The molecule has 0 bridgehead atoms. The molecule has 0 aliphatic carbocycles. The topological polar surface area (TPSA) is 45.0 Å². The van der Waals surface area contributed by atoms with E-state index in [1.54, 1.807) is 13.2 Å². The third kappa shape index (κ3) is 2.54. The zero-order valence-corrected chi connectivity index (χ0v) is 10.5. The summed E-state index contributed by atoms with van der Waals surface area (Å²) in [6, 6.07) is 7.83. The van der Waals surface area contributed by atoms with Gasteiger partial charge in [0.05, 0.1) is 19.1 Å². The van der Waals surface area contributed by atoms with Gasteiger partial charge in [-0.15, -0.1) is 0 Å². The summed E-state index contributed by atoms with van der Waals surface area (Å²) in [7, 11) is 1.62. The standard InChI is InChI=1S/C13H15ClN2O/c1-17-13-3-2-10(14)6-11(13)12(7-15)9-4-5-16-8-9/h2-3,6,9,12,16H,4-5,8H2,1H3. The Balaban J connectivity index is 2.35. The van der Waals surface area contributed by atoms with Gasteiger partial charge in [-0.25, -0.2) is 0 Å². The predicted octanol–water partition coefficient (Wildman–Crippen LogP) is 2.57. The molecule has 4 heteroatoms. The van der Waals surface area contributed by atoms with Crippen molar-refractivity contribution in [3.8, 4) is 11.8 Å². The van der Waals surface area contributed by atoms with E-state index in [1.165, 1.54) is 0 Å². The van der Waals surface area contributed by atoms with E-state index in [4.69, 9.17) is 16.3 Å². The number of benzene rings is 1. The maximum Gasteiger partial charge on any atom is 0.123 e. The Labute approximate surface area is 106 Å². The van der Waals surface area contributed by atoms with E-state index in [9.17, 15) is 5.26 Å². The smallest absolute Gasteiger partial charge is 0.123 e. The van der Waals surface area contributed by atoms with Crippen molar-refractivity contribution in [1.82, 2.24) is 5.32 Å². The number of nitrogens with zero attached hydrogens (tertiary/aromatic N) is 1. The van der Waals surface area contributed by atoms with E-state index >= 15 is 0 Å². The van der Waals surface area contributed by atoms with Crippen molar-refractivity contribution in [3.05, 3.63) is 28.8 Å². The zero-order chi connectivity index (χ0) is 12.3. The molecule has 2 rings (SSSR count). The van der Waals surface area contributed by atoms with Crippen LogP contribution in [0.3, 0.4) is 0 Å². The lowest BCUT2D eigenvalue weighted by atomic mass is 9.86. The van der Waals surface area contributed by atoms with Crippen LogP contribution in [0.2, 0.25) is 5.02 Å². The fourth-order valence-electron chi connectivity index (χ4n) is 2.34. The van der Waals surface area contributed by atoms with E-state index in [0.29, 0.717) is 10.9 Å². The summed E-state index contributed by atoms with van der Waals surface area (Å²) in [4.78, 5) is 0. The molecule has 2 unspecified atom stereocenters. The van der Waals surface area contributed by atoms with Crippen molar-refractivity contribution in [2.24, 2.45) is 5.92 Å². The summed E-state index contributed by atoms with van der Waals surface area (Å²) in [6.45, 7) is 1.86. The number of halogens is 1. The van der Waals surface area contributed by atoms with Gasteiger partial charge < -0.3 is 10.1 Å². The van der Waals surface area contributed by atoms with Crippen LogP contribution in [0, 0.1) is 17.2 Å². The van der Waals surface area contributed by atoms with Crippen LogP contribution in [-0.4, -0.2) is 20.2 Å². The number of hydrogen-bond acceptors (Lipinski definition) is 3. The molecule has 1 aliphatic rings. The third-order valence-electron chi connectivity index (χ3n) is 3.24. The van der Waals surface area contributed by atoms with E-state index in [2.05, 4.69) is 11.4 Å². The van der Waals surface area contributed by atoms with Crippen LogP contribution in [0.25, 0.3) is 0 Å². The molecule has 0 amide bonds. The van der Waals surface area contributed by atoms with Crippen LogP contribution >= 0.6 is 11.6 Å². The Morgan fingerprint density at radius 2 is 2.41 bits per heavy atom. The molecule has 1 aliphatic heterocycles. The second kappa shape index (κ2) is 5.39. The van der Waals surface area contributed by atoms with Crippen molar-refractivity contribution in [1.29, 1.82) is 5.26 Å². The summed E-state index contributed by atoms with van der Waals surface area (Å²) >= 11 is 6.00. The first kappa shape index (κ1) is 12.2. The molecule has 1 aromatic carbocycles. The second-order valence-electron chi connectivity index (χ2n) is 4.25. The number of nitriles is 1. The van der Waals surface area contributed by atoms with Crippen molar-refractivity contribution >= 4 is 11.6 Å². The molecule has 1 saturated heterocycles. The number of ether oxygens (including phenoxy) is 1. The van der Waals surface area contributed by atoms with Gasteiger partial charge in [-0.1, -0.05) is 11.6 Å². The quantitative estimate of drug-likeness (QED) is 0.897. The predicted molar refractivity (Wildman–Crippen MR) is 67.3 cm³/mol. The van der Waals surface area contributed by atoms with E-state index in [0.717, 1.165) is 30.8 Å². The van der Waals surface area contributed by atoms with Crippen molar-refractivity contribution in [2.45, 2.75) is 12.3 Å². The number of rotatable bonds is 3. The Kier molecular flexibility index (Phi) is 3.88. The van der Waals surface area contributed by atoms with Crippen molar-refractivity contribution in [2.75, 3.05) is 20.2 Å². The highest BCUT2D eigenvalue weighted by atomic mass is 35.5. The normalized spacial score (nSPS) is 20.9. The molecule has 90 valence electrons. The molecule has 1 fully saturated rings. The molecule has 0 spiro atoms. The fraction of sp³-hybridized carbons (Fsp3) is 0.462. The maximum atomic E-state index is 9.37. The molecule has 0 radical (unpaired) electrons. The van der Waals surface area contributed by atoms with Gasteiger partial charge in [-0.3, -0.25) is 0 Å². The van der Waals surface area contributed by atoms with Gasteiger partial charge in [0, 0.05) is 10.6 Å². The average molecular weight is 251 g/mol. The van der Waals surface area contributed by atoms with E-state index in [-0.39, 0.29) is 5.92 Å². The number of nitrogens with one attached hydrogen (secondary N) is 1. The minimum absolute atomic E-state index is 0.154. The third-order valence-corrected chi connectivity index (χ3v) is 3.47. The molecule has 0 saturated carbocycles. The Bertz CT molecular complexity index is 436. The van der Waals surface area contributed by atoms with Gasteiger partial charge in [0.25, 0.3) is 0 Å². The highest BCUT2D eigenvalue weighted by Crippen LogP contribution is 2.35. The van der Waals surface area contributed by atoms with Gasteiger partial charge in [0.1, 0.15) is 5.75 Å². The molecule has 0 aromatic heterocycles. The summed E-state index contributed by atoms with van der Waals surface area (Å²) in [6.07, 6.45) is 1.02. The lowest BCUT2D eigenvalue weighted by Gasteiger charge is -2.18. The first-order chi connectivity index (χ1) is 8.26. The lowest BCUT2D eigenvalue weighted by Crippen LogP contribution is -2.16. The van der Waals surface area contributed by atoms with Gasteiger partial charge in [0.15, 0.2) is 0 Å². The monoisotopic (exact) mass is 250 g/mol. The van der Waals surface area contributed by atoms with Gasteiger partial charge in [0.2, 0.25) is 0 Å². The molecule has 2 atom stereocenters. The summed E-state index contributed by atoms with van der Waals surface area (Å²) < 4.78 is 5.31. The lowest BCUT2D eigenvalue weighted by molar-refractivity contribution is 0.401. The van der Waals surface area contributed by atoms with Crippen molar-refractivity contribution in [3.63, 3.8) is 0 Å². The summed E-state index contributed by atoms with van der Waals surface area (Å²) in [5, 5.41) is 13.3. The second-order valence-corrected chi connectivity index (χ2v) is 4.68.